The minimum Gasteiger partial charge on any atom is -0.449 e. The summed E-state index contributed by atoms with van der Waals surface area (Å²) in [5.74, 6) is -1.57. The number of benzene rings is 2. The highest BCUT2D eigenvalue weighted by atomic mass is 16.5. The maximum absolute atomic E-state index is 12.6. The maximum Gasteiger partial charge on any atom is 0.338 e. The van der Waals surface area contributed by atoms with E-state index in [4.69, 9.17) is 4.74 Å². The van der Waals surface area contributed by atoms with Crippen LogP contribution in [0.5, 0.6) is 0 Å². The van der Waals surface area contributed by atoms with Crippen LogP contribution < -0.4 is 5.32 Å². The van der Waals surface area contributed by atoms with Crippen LogP contribution in [0, 0.1) is 5.92 Å². The molecule has 3 rings (SSSR count). The molecule has 31 heavy (non-hydrogen) atoms. The van der Waals surface area contributed by atoms with Crippen LogP contribution in [0.25, 0.3) is 0 Å². The number of rotatable bonds is 8. The molecule has 0 unspecified atom stereocenters. The highest BCUT2D eigenvalue weighted by Crippen LogP contribution is 2.25. The van der Waals surface area contributed by atoms with E-state index in [0.717, 1.165) is 5.56 Å². The fraction of sp³-hybridized carbons (Fsp3) is 0.333. The number of hydrogen-bond acceptors (Lipinski definition) is 5. The third-order valence-electron chi connectivity index (χ3n) is 5.10. The average molecular weight is 422 g/mol. The molecule has 0 radical (unpaired) electrons. The third kappa shape index (κ3) is 5.17. The lowest BCUT2D eigenvalue weighted by atomic mass is 10.1. The number of nitrogens with zero attached hydrogens (tertiary/aromatic N) is 1. The summed E-state index contributed by atoms with van der Waals surface area (Å²) in [4.78, 5) is 51.1. The number of imide groups is 1. The van der Waals surface area contributed by atoms with E-state index in [2.05, 4.69) is 5.32 Å². The Labute approximate surface area is 181 Å². The molecule has 0 saturated carbocycles. The Morgan fingerprint density at radius 2 is 1.65 bits per heavy atom. The van der Waals surface area contributed by atoms with Gasteiger partial charge in [-0.15, -0.1) is 0 Å². The van der Waals surface area contributed by atoms with Gasteiger partial charge in [-0.2, -0.15) is 0 Å². The van der Waals surface area contributed by atoms with E-state index in [1.54, 1.807) is 0 Å². The monoisotopic (exact) mass is 422 g/mol. The average Bonchev–Trinajstić information content (AvgIpc) is 3.00. The van der Waals surface area contributed by atoms with Crippen LogP contribution in [0.3, 0.4) is 0 Å². The van der Waals surface area contributed by atoms with Crippen molar-refractivity contribution in [2.75, 3.05) is 6.54 Å². The summed E-state index contributed by atoms with van der Waals surface area (Å²) in [6.07, 6.45) is -0.306. The molecule has 0 aromatic heterocycles. The second-order valence-corrected chi connectivity index (χ2v) is 7.96. The molecule has 1 atom stereocenters. The first-order valence-corrected chi connectivity index (χ1v) is 10.3. The second-order valence-electron chi connectivity index (χ2n) is 7.96. The largest absolute Gasteiger partial charge is 0.449 e. The Morgan fingerprint density at radius 1 is 0.968 bits per heavy atom. The SMILES string of the molecule is CC(C)CCN1C(=O)c2ccc(C(=O)O[C@H](C)C(=O)NCc3ccccc3)cc2C1=O. The summed E-state index contributed by atoms with van der Waals surface area (Å²) in [6, 6.07) is 13.6. The number of hydrogen-bond donors (Lipinski definition) is 1. The predicted octanol–water partition coefficient (Wildman–Crippen LogP) is 3.19. The highest BCUT2D eigenvalue weighted by Gasteiger charge is 2.36. The third-order valence-corrected chi connectivity index (χ3v) is 5.10. The molecule has 0 aliphatic carbocycles. The zero-order valence-corrected chi connectivity index (χ0v) is 17.9. The maximum atomic E-state index is 12.6. The highest BCUT2D eigenvalue weighted by molar-refractivity contribution is 6.22. The first-order valence-electron chi connectivity index (χ1n) is 10.3. The number of ether oxygens (including phenoxy) is 1. The molecule has 0 bridgehead atoms. The zero-order valence-electron chi connectivity index (χ0n) is 17.9. The number of fused-ring (bicyclic) bond motifs is 1. The van der Waals surface area contributed by atoms with Crippen molar-refractivity contribution in [1.29, 1.82) is 0 Å². The Bertz CT molecular complexity index is 1000. The Morgan fingerprint density at radius 3 is 2.32 bits per heavy atom. The molecular formula is C24H26N2O5. The zero-order chi connectivity index (χ0) is 22.5. The van der Waals surface area contributed by atoms with Gasteiger partial charge in [-0.1, -0.05) is 44.2 Å². The van der Waals surface area contributed by atoms with Gasteiger partial charge in [0.1, 0.15) is 0 Å². The predicted molar refractivity (Wildman–Crippen MR) is 114 cm³/mol. The molecule has 162 valence electrons. The first kappa shape index (κ1) is 22.2. The van der Waals surface area contributed by atoms with E-state index in [9.17, 15) is 19.2 Å². The van der Waals surface area contributed by atoms with Crippen molar-refractivity contribution in [2.45, 2.75) is 39.8 Å². The van der Waals surface area contributed by atoms with Crippen LogP contribution in [-0.2, 0) is 16.1 Å². The van der Waals surface area contributed by atoms with E-state index >= 15 is 0 Å². The number of esters is 1. The number of carbonyl (C=O) groups excluding carboxylic acids is 4. The van der Waals surface area contributed by atoms with Gasteiger partial charge in [0.05, 0.1) is 16.7 Å². The molecule has 0 saturated heterocycles. The van der Waals surface area contributed by atoms with Crippen molar-refractivity contribution in [3.8, 4) is 0 Å². The summed E-state index contributed by atoms with van der Waals surface area (Å²) >= 11 is 0. The lowest BCUT2D eigenvalue weighted by Crippen LogP contribution is -2.35. The Balaban J connectivity index is 1.62. The van der Waals surface area contributed by atoms with Gasteiger partial charge in [0.25, 0.3) is 17.7 Å². The van der Waals surface area contributed by atoms with E-state index in [1.807, 2.05) is 44.2 Å². The summed E-state index contributed by atoms with van der Waals surface area (Å²) in [5, 5.41) is 2.72. The number of nitrogens with one attached hydrogen (secondary N) is 1. The molecule has 7 heteroatoms. The molecule has 1 aliphatic rings. The van der Waals surface area contributed by atoms with Gasteiger partial charge >= 0.3 is 5.97 Å². The quantitative estimate of drug-likeness (QED) is 0.521. The van der Waals surface area contributed by atoms with Crippen molar-refractivity contribution in [3.63, 3.8) is 0 Å². The molecule has 3 amide bonds. The van der Waals surface area contributed by atoms with E-state index in [0.29, 0.717) is 25.4 Å². The van der Waals surface area contributed by atoms with E-state index in [1.165, 1.54) is 30.0 Å². The Hall–Kier alpha value is -3.48. The van der Waals surface area contributed by atoms with Gasteiger partial charge in [0, 0.05) is 13.1 Å². The topological polar surface area (TPSA) is 92.8 Å². The van der Waals surface area contributed by atoms with Crippen LogP contribution in [0.4, 0.5) is 0 Å². The molecule has 1 aliphatic heterocycles. The lowest BCUT2D eigenvalue weighted by molar-refractivity contribution is -0.129. The van der Waals surface area contributed by atoms with Crippen LogP contribution in [0.2, 0.25) is 0 Å². The fourth-order valence-electron chi connectivity index (χ4n) is 3.22. The summed E-state index contributed by atoms with van der Waals surface area (Å²) in [5.41, 5.74) is 1.51. The summed E-state index contributed by atoms with van der Waals surface area (Å²) < 4.78 is 5.25. The van der Waals surface area contributed by atoms with Gasteiger partial charge < -0.3 is 10.1 Å². The molecule has 2 aromatic rings. The van der Waals surface area contributed by atoms with Crippen molar-refractivity contribution >= 4 is 23.7 Å². The van der Waals surface area contributed by atoms with Gasteiger partial charge in [-0.25, -0.2) is 4.79 Å². The van der Waals surface area contributed by atoms with E-state index in [-0.39, 0.29) is 22.6 Å². The first-order chi connectivity index (χ1) is 14.8. The van der Waals surface area contributed by atoms with Gasteiger partial charge in [0.2, 0.25) is 0 Å². The van der Waals surface area contributed by atoms with Gasteiger partial charge in [-0.3, -0.25) is 19.3 Å². The van der Waals surface area contributed by atoms with Crippen molar-refractivity contribution in [3.05, 3.63) is 70.8 Å². The van der Waals surface area contributed by atoms with Crippen LogP contribution >= 0.6 is 0 Å². The second kappa shape index (κ2) is 9.55. The minimum atomic E-state index is -1.01. The molecule has 2 aromatic carbocycles. The van der Waals surface area contributed by atoms with Crippen LogP contribution in [0.1, 0.15) is 63.8 Å². The van der Waals surface area contributed by atoms with Crippen LogP contribution in [0.15, 0.2) is 48.5 Å². The minimum absolute atomic E-state index is 0.119. The molecular weight excluding hydrogens is 396 g/mol. The standard InChI is InChI=1S/C24H26N2O5/c1-15(2)11-12-26-22(28)19-10-9-18(13-20(19)23(26)29)24(30)31-16(3)21(27)25-14-17-7-5-4-6-8-17/h4-10,13,15-16H,11-12,14H2,1-3H3,(H,25,27)/t16-/m1/s1. The fourth-order valence-corrected chi connectivity index (χ4v) is 3.22. The normalized spacial score (nSPS) is 13.9. The van der Waals surface area contributed by atoms with E-state index < -0.39 is 23.9 Å². The molecule has 0 spiro atoms. The molecule has 1 N–H and O–H groups in total. The molecule has 1 heterocycles. The van der Waals surface area contributed by atoms with Crippen LogP contribution in [-0.4, -0.2) is 41.2 Å². The van der Waals surface area contributed by atoms with Crippen molar-refractivity contribution in [2.24, 2.45) is 5.92 Å². The lowest BCUT2D eigenvalue weighted by Gasteiger charge is -2.14. The number of amides is 3. The van der Waals surface area contributed by atoms with Gasteiger partial charge in [0.15, 0.2) is 6.10 Å². The van der Waals surface area contributed by atoms with Crippen molar-refractivity contribution < 1.29 is 23.9 Å². The number of carbonyl (C=O) groups is 4. The summed E-state index contributed by atoms with van der Waals surface area (Å²) in [7, 11) is 0. The molecule has 7 nitrogen and oxygen atoms in total. The summed E-state index contributed by atoms with van der Waals surface area (Å²) in [6.45, 7) is 6.17. The Kier molecular flexibility index (Phi) is 6.84. The van der Waals surface area contributed by atoms with Crippen molar-refractivity contribution in [1.82, 2.24) is 10.2 Å². The smallest absolute Gasteiger partial charge is 0.338 e. The molecule has 0 fully saturated rings. The van der Waals surface area contributed by atoms with Gasteiger partial charge in [-0.05, 0) is 43.0 Å².